The van der Waals surface area contributed by atoms with E-state index < -0.39 is 11.6 Å². The molecule has 0 radical (unpaired) electrons. The molecule has 6 nitrogen and oxygen atoms in total. The van der Waals surface area contributed by atoms with Crippen LogP contribution in [0.15, 0.2) is 57.9 Å². The third-order valence-corrected chi connectivity index (χ3v) is 4.94. The standard InChI is InChI=1S/C22H15Cl2NO5/c1-2-8-28-13-6-5-12-9-15(21(26)29-18(12)10-13)22(27)30-20-17(24)11-16(23)14-4-3-7-25-19(14)20/h3-7,9-11H,2,8H2,1H3. The number of fused-ring (bicyclic) bond motifs is 2. The van der Waals surface area contributed by atoms with E-state index in [1.807, 2.05) is 6.92 Å². The van der Waals surface area contributed by atoms with Crippen molar-refractivity contribution in [3.8, 4) is 11.5 Å². The maximum Gasteiger partial charge on any atom is 0.351 e. The van der Waals surface area contributed by atoms with Crippen LogP contribution >= 0.6 is 23.2 Å². The number of ether oxygens (including phenoxy) is 2. The van der Waals surface area contributed by atoms with Gasteiger partial charge in [-0.2, -0.15) is 0 Å². The average molecular weight is 444 g/mol. The van der Waals surface area contributed by atoms with Crippen LogP contribution in [0.1, 0.15) is 23.7 Å². The van der Waals surface area contributed by atoms with Gasteiger partial charge in [0.15, 0.2) is 5.75 Å². The number of esters is 1. The number of carbonyl (C=O) groups excluding carboxylic acids is 1. The summed E-state index contributed by atoms with van der Waals surface area (Å²) >= 11 is 12.4. The van der Waals surface area contributed by atoms with Gasteiger partial charge in [-0.25, -0.2) is 9.59 Å². The van der Waals surface area contributed by atoms with E-state index in [0.29, 0.717) is 39.3 Å². The van der Waals surface area contributed by atoms with Gasteiger partial charge < -0.3 is 13.9 Å². The van der Waals surface area contributed by atoms with Gasteiger partial charge in [0.2, 0.25) is 0 Å². The van der Waals surface area contributed by atoms with Crippen molar-refractivity contribution in [1.82, 2.24) is 4.98 Å². The topological polar surface area (TPSA) is 78.6 Å². The fourth-order valence-electron chi connectivity index (χ4n) is 2.93. The van der Waals surface area contributed by atoms with Crippen LogP contribution in [0, 0.1) is 0 Å². The van der Waals surface area contributed by atoms with E-state index >= 15 is 0 Å². The normalized spacial score (nSPS) is 11.0. The lowest BCUT2D eigenvalue weighted by Gasteiger charge is -2.10. The molecule has 2 heterocycles. The molecule has 2 aromatic heterocycles. The summed E-state index contributed by atoms with van der Waals surface area (Å²) < 4.78 is 16.3. The lowest BCUT2D eigenvalue weighted by molar-refractivity contribution is 0.0732. The van der Waals surface area contributed by atoms with Crippen molar-refractivity contribution in [2.45, 2.75) is 13.3 Å². The number of benzene rings is 2. The first-order valence-electron chi connectivity index (χ1n) is 9.13. The van der Waals surface area contributed by atoms with Gasteiger partial charge in [-0.3, -0.25) is 4.98 Å². The van der Waals surface area contributed by atoms with Gasteiger partial charge in [0.25, 0.3) is 0 Å². The molecule has 4 aromatic rings. The Morgan fingerprint density at radius 3 is 2.77 bits per heavy atom. The Morgan fingerprint density at radius 1 is 1.13 bits per heavy atom. The summed E-state index contributed by atoms with van der Waals surface area (Å²) in [5.74, 6) is -0.314. The second-order valence-corrected chi connectivity index (χ2v) is 7.27. The third kappa shape index (κ3) is 3.84. The van der Waals surface area contributed by atoms with Crippen molar-refractivity contribution in [3.63, 3.8) is 0 Å². The number of hydrogen-bond donors (Lipinski definition) is 0. The molecule has 0 unspecified atom stereocenters. The molecule has 0 atom stereocenters. The summed E-state index contributed by atoms with van der Waals surface area (Å²) in [6.07, 6.45) is 2.37. The molecule has 0 saturated heterocycles. The van der Waals surface area contributed by atoms with E-state index in [-0.39, 0.29) is 16.3 Å². The monoisotopic (exact) mass is 443 g/mol. The Kier molecular flexibility index (Phi) is 5.61. The summed E-state index contributed by atoms with van der Waals surface area (Å²) in [7, 11) is 0. The van der Waals surface area contributed by atoms with Crippen LogP contribution in [0.25, 0.3) is 21.9 Å². The Labute approximate surface area is 180 Å². The van der Waals surface area contributed by atoms with Crippen molar-refractivity contribution in [3.05, 3.63) is 74.7 Å². The Bertz CT molecular complexity index is 1330. The third-order valence-electron chi connectivity index (χ3n) is 4.35. The predicted octanol–water partition coefficient (Wildman–Crippen LogP) is 5.66. The van der Waals surface area contributed by atoms with Gasteiger partial charge in [0, 0.05) is 23.0 Å². The Morgan fingerprint density at radius 2 is 1.97 bits per heavy atom. The molecule has 4 rings (SSSR count). The van der Waals surface area contributed by atoms with Crippen LogP contribution in [0.3, 0.4) is 0 Å². The predicted molar refractivity (Wildman–Crippen MR) is 115 cm³/mol. The van der Waals surface area contributed by atoms with Crippen molar-refractivity contribution < 1.29 is 18.7 Å². The summed E-state index contributed by atoms with van der Waals surface area (Å²) in [4.78, 5) is 29.4. The van der Waals surface area contributed by atoms with Crippen LogP contribution in [0.2, 0.25) is 10.0 Å². The minimum atomic E-state index is -0.909. The van der Waals surface area contributed by atoms with Gasteiger partial charge >= 0.3 is 11.6 Å². The zero-order valence-corrected chi connectivity index (χ0v) is 17.3. The first-order valence-corrected chi connectivity index (χ1v) is 9.89. The molecule has 0 aliphatic heterocycles. The highest BCUT2D eigenvalue weighted by Crippen LogP contribution is 2.37. The van der Waals surface area contributed by atoms with Crippen LogP contribution in [0.5, 0.6) is 11.5 Å². The largest absolute Gasteiger partial charge is 0.493 e. The zero-order chi connectivity index (χ0) is 21.3. The van der Waals surface area contributed by atoms with E-state index in [1.165, 1.54) is 18.3 Å². The number of pyridine rings is 1. The maximum atomic E-state index is 12.7. The molecule has 0 fully saturated rings. The highest BCUT2D eigenvalue weighted by molar-refractivity contribution is 6.39. The molecular formula is C22H15Cl2NO5. The van der Waals surface area contributed by atoms with E-state index in [9.17, 15) is 9.59 Å². The molecule has 2 aromatic carbocycles. The lowest BCUT2D eigenvalue weighted by atomic mass is 10.1. The fourth-order valence-corrected chi connectivity index (χ4v) is 3.49. The van der Waals surface area contributed by atoms with E-state index in [4.69, 9.17) is 37.1 Å². The van der Waals surface area contributed by atoms with Crippen molar-refractivity contribution in [2.75, 3.05) is 6.61 Å². The minimum absolute atomic E-state index is 0.0180. The molecule has 30 heavy (non-hydrogen) atoms. The van der Waals surface area contributed by atoms with Crippen molar-refractivity contribution >= 4 is 51.0 Å². The van der Waals surface area contributed by atoms with Crippen LogP contribution in [0.4, 0.5) is 0 Å². The molecule has 0 amide bonds. The molecule has 0 aliphatic carbocycles. The van der Waals surface area contributed by atoms with Gasteiger partial charge in [0.1, 0.15) is 22.4 Å². The molecule has 0 saturated carbocycles. The first-order chi connectivity index (χ1) is 14.5. The van der Waals surface area contributed by atoms with Gasteiger partial charge in [-0.15, -0.1) is 0 Å². The van der Waals surface area contributed by atoms with Crippen molar-refractivity contribution in [2.24, 2.45) is 0 Å². The highest BCUT2D eigenvalue weighted by Gasteiger charge is 2.21. The molecule has 152 valence electrons. The molecule has 0 N–H and O–H groups in total. The highest BCUT2D eigenvalue weighted by atomic mass is 35.5. The number of hydrogen-bond acceptors (Lipinski definition) is 6. The van der Waals surface area contributed by atoms with Crippen LogP contribution in [-0.4, -0.2) is 17.6 Å². The van der Waals surface area contributed by atoms with Crippen LogP contribution in [-0.2, 0) is 0 Å². The maximum absolute atomic E-state index is 12.7. The summed E-state index contributed by atoms with van der Waals surface area (Å²) in [5, 5.41) is 1.59. The van der Waals surface area contributed by atoms with Gasteiger partial charge in [0.05, 0.1) is 16.7 Å². The second kappa shape index (κ2) is 8.34. The van der Waals surface area contributed by atoms with E-state index in [1.54, 1.807) is 30.3 Å². The Hall–Kier alpha value is -3.09. The first kappa shape index (κ1) is 20.2. The van der Waals surface area contributed by atoms with Gasteiger partial charge in [-0.05, 0) is 42.8 Å². The van der Waals surface area contributed by atoms with E-state index in [0.717, 1.165) is 6.42 Å². The summed E-state index contributed by atoms with van der Waals surface area (Å²) in [5.41, 5.74) is -0.477. The molecule has 0 bridgehead atoms. The summed E-state index contributed by atoms with van der Waals surface area (Å²) in [6, 6.07) is 11.3. The van der Waals surface area contributed by atoms with Gasteiger partial charge in [-0.1, -0.05) is 30.1 Å². The quantitative estimate of drug-likeness (QED) is 0.225. The molecule has 8 heteroatoms. The smallest absolute Gasteiger partial charge is 0.351 e. The second-order valence-electron chi connectivity index (χ2n) is 6.45. The average Bonchev–Trinajstić information content (AvgIpc) is 2.74. The number of rotatable bonds is 5. The fraction of sp³-hybridized carbons (Fsp3) is 0.136. The minimum Gasteiger partial charge on any atom is -0.493 e. The summed E-state index contributed by atoms with van der Waals surface area (Å²) in [6.45, 7) is 2.54. The molecule has 0 aliphatic rings. The number of aromatic nitrogens is 1. The zero-order valence-electron chi connectivity index (χ0n) is 15.8. The number of nitrogens with zero attached hydrogens (tertiary/aromatic N) is 1. The molecule has 0 spiro atoms. The van der Waals surface area contributed by atoms with Crippen LogP contribution < -0.4 is 15.1 Å². The van der Waals surface area contributed by atoms with E-state index in [2.05, 4.69) is 4.98 Å². The SMILES string of the molecule is CCCOc1ccc2cc(C(=O)Oc3c(Cl)cc(Cl)c4cccnc34)c(=O)oc2c1. The molecular weight excluding hydrogens is 429 g/mol. The van der Waals surface area contributed by atoms with Crippen molar-refractivity contribution in [1.29, 1.82) is 0 Å². The Balaban J connectivity index is 1.71. The number of carbonyl (C=O) groups is 1. The number of halogens is 2. The lowest BCUT2D eigenvalue weighted by Crippen LogP contribution is -2.19.